The number of aromatic nitrogens is 2. The van der Waals surface area contributed by atoms with Crippen molar-refractivity contribution in [3.8, 4) is 0 Å². The molecule has 0 spiro atoms. The first kappa shape index (κ1) is 27.7. The maximum absolute atomic E-state index is 4.15. The maximum Gasteiger partial charge on any atom is 0.174 e. The van der Waals surface area contributed by atoms with Gasteiger partial charge in [0.25, 0.3) is 0 Å². The van der Waals surface area contributed by atoms with Gasteiger partial charge in [-0.05, 0) is 50.6 Å². The Hall–Kier alpha value is -1.26. The molecule has 0 saturated carbocycles. The van der Waals surface area contributed by atoms with E-state index in [1.165, 1.54) is 23.5 Å². The van der Waals surface area contributed by atoms with Crippen molar-refractivity contribution >= 4 is 68.0 Å². The SMILES string of the molecule is CSC(=[SH+])[N-]N=C(C)c1ccccn1.CSC(=[SH+])[N-]N=C(C)c1ccccn1.[Zn]. The summed E-state index contributed by atoms with van der Waals surface area (Å²) in [6.45, 7) is 3.74. The van der Waals surface area contributed by atoms with Gasteiger partial charge in [-0.3, -0.25) is 9.97 Å². The van der Waals surface area contributed by atoms with Gasteiger partial charge in [-0.1, -0.05) is 35.7 Å². The number of nitrogens with zero attached hydrogens (tertiary/aromatic N) is 6. The van der Waals surface area contributed by atoms with Crippen LogP contribution in [0.15, 0.2) is 59.0 Å². The molecule has 2 heterocycles. The van der Waals surface area contributed by atoms with Crippen LogP contribution in [0.25, 0.3) is 10.9 Å². The van der Waals surface area contributed by atoms with Gasteiger partial charge in [-0.25, -0.2) is 0 Å². The van der Waals surface area contributed by atoms with Crippen molar-refractivity contribution in [2.45, 2.75) is 13.8 Å². The van der Waals surface area contributed by atoms with Crippen LogP contribution in [-0.4, -0.2) is 42.5 Å². The molecule has 0 atom stereocenters. The molecule has 0 aliphatic rings. The van der Waals surface area contributed by atoms with Crippen molar-refractivity contribution in [3.05, 3.63) is 71.0 Å². The fourth-order valence-electron chi connectivity index (χ4n) is 1.57. The number of rotatable bonds is 4. The number of hydrogen-bond acceptors (Lipinski definition) is 6. The molecule has 0 saturated heterocycles. The summed E-state index contributed by atoms with van der Waals surface area (Å²) in [5.41, 5.74) is 11.1. The maximum atomic E-state index is 4.15. The van der Waals surface area contributed by atoms with E-state index in [1.807, 2.05) is 62.8 Å². The van der Waals surface area contributed by atoms with Gasteiger partial charge >= 0.3 is 0 Å². The van der Waals surface area contributed by atoms with E-state index in [9.17, 15) is 0 Å². The van der Waals surface area contributed by atoms with Gasteiger partial charge in [0.1, 0.15) is 0 Å². The summed E-state index contributed by atoms with van der Waals surface area (Å²) in [5.74, 6) is 0. The Morgan fingerprint density at radius 2 is 1.17 bits per heavy atom. The molecule has 6 nitrogen and oxygen atoms in total. The van der Waals surface area contributed by atoms with Gasteiger partial charge in [-0.2, -0.15) is 0 Å². The van der Waals surface area contributed by atoms with Crippen molar-refractivity contribution < 1.29 is 19.5 Å². The number of hydrogen-bond donors (Lipinski definition) is 0. The summed E-state index contributed by atoms with van der Waals surface area (Å²) in [5, 5.41) is 8.02. The summed E-state index contributed by atoms with van der Waals surface area (Å²) in [6, 6.07) is 11.4. The summed E-state index contributed by atoms with van der Waals surface area (Å²) in [7, 11) is 0. The van der Waals surface area contributed by atoms with Gasteiger partial charge in [0.2, 0.25) is 0 Å². The van der Waals surface area contributed by atoms with Crippen LogP contribution in [0.5, 0.6) is 0 Å². The minimum Gasteiger partial charge on any atom is -0.519 e. The van der Waals surface area contributed by atoms with Crippen LogP contribution < -0.4 is 0 Å². The van der Waals surface area contributed by atoms with Crippen LogP contribution in [0.2, 0.25) is 0 Å². The summed E-state index contributed by atoms with van der Waals surface area (Å²) >= 11 is 11.1. The molecule has 29 heavy (non-hydrogen) atoms. The molecule has 0 aromatic carbocycles. The Morgan fingerprint density at radius 1 is 0.793 bits per heavy atom. The Bertz CT molecular complexity index is 746. The van der Waals surface area contributed by atoms with Crippen molar-refractivity contribution in [1.82, 2.24) is 9.97 Å². The molecular formula is C18H22N6S4Zn. The quantitative estimate of drug-likeness (QED) is 0.155. The Morgan fingerprint density at radius 3 is 1.45 bits per heavy atom. The minimum absolute atomic E-state index is 0. The number of pyridine rings is 2. The normalized spacial score (nSPS) is 10.8. The third kappa shape index (κ3) is 12.1. The zero-order valence-corrected chi connectivity index (χ0v) is 23.1. The Kier molecular flexibility index (Phi) is 15.8. The standard InChI is InChI=1S/2C9H11N3S2.Zn/c2*1-7(11-12-9(13)14-2)8-5-3-4-6-10-8;/h2*3-6H,1-2H3,(H,10,12,13);. The second-order valence-corrected chi connectivity index (χ2v) is 8.02. The van der Waals surface area contributed by atoms with Crippen LogP contribution in [0.3, 0.4) is 0 Å². The van der Waals surface area contributed by atoms with Crippen molar-refractivity contribution in [1.29, 1.82) is 0 Å². The van der Waals surface area contributed by atoms with Crippen molar-refractivity contribution in [2.24, 2.45) is 10.2 Å². The predicted molar refractivity (Wildman–Crippen MR) is 134 cm³/mol. The summed E-state index contributed by atoms with van der Waals surface area (Å²) < 4.78 is 1.28. The largest absolute Gasteiger partial charge is 0.519 e. The third-order valence-electron chi connectivity index (χ3n) is 3.01. The van der Waals surface area contributed by atoms with E-state index in [2.05, 4.69) is 55.5 Å². The Balaban J connectivity index is 0.000000523. The molecule has 2 aromatic heterocycles. The Labute approximate surface area is 204 Å². The molecule has 2 rings (SSSR count). The van der Waals surface area contributed by atoms with Crippen molar-refractivity contribution in [2.75, 3.05) is 12.5 Å². The molecule has 0 bridgehead atoms. The zero-order chi connectivity index (χ0) is 20.8. The van der Waals surface area contributed by atoms with E-state index >= 15 is 0 Å². The minimum atomic E-state index is 0. The van der Waals surface area contributed by atoms with Gasteiger partial charge < -0.3 is 21.1 Å². The fraction of sp³-hybridized carbons (Fsp3) is 0.222. The second kappa shape index (κ2) is 16.5. The summed E-state index contributed by atoms with van der Waals surface area (Å²) in [4.78, 5) is 8.30. The third-order valence-corrected chi connectivity index (χ3v) is 5.18. The van der Waals surface area contributed by atoms with E-state index in [1.54, 1.807) is 12.4 Å². The molecule has 0 aliphatic heterocycles. The van der Waals surface area contributed by atoms with Crippen molar-refractivity contribution in [3.63, 3.8) is 0 Å². The average Bonchev–Trinajstić information content (AvgIpc) is 2.76. The van der Waals surface area contributed by atoms with Crippen LogP contribution in [-0.2, 0) is 43.9 Å². The smallest absolute Gasteiger partial charge is 0.174 e. The van der Waals surface area contributed by atoms with Gasteiger partial charge in [0.15, 0.2) is 33.1 Å². The van der Waals surface area contributed by atoms with Gasteiger partial charge in [0.05, 0.1) is 11.4 Å². The number of thioether (sulfide) groups is 2. The second-order valence-electron chi connectivity index (χ2n) is 4.97. The fourth-order valence-corrected chi connectivity index (χ4v) is 1.91. The molecule has 0 fully saturated rings. The van der Waals surface area contributed by atoms with Crippen LogP contribution >= 0.6 is 23.5 Å². The van der Waals surface area contributed by atoms with E-state index in [0.717, 1.165) is 22.8 Å². The van der Waals surface area contributed by atoms with Crippen LogP contribution in [0.4, 0.5) is 0 Å². The van der Waals surface area contributed by atoms with E-state index in [-0.39, 0.29) is 19.5 Å². The molecule has 11 heteroatoms. The summed E-state index contributed by atoms with van der Waals surface area (Å²) in [6.07, 6.45) is 7.26. The molecule has 0 radical (unpaired) electrons. The zero-order valence-electron chi connectivity index (χ0n) is 16.7. The van der Waals surface area contributed by atoms with Crippen LogP contribution in [0.1, 0.15) is 25.2 Å². The predicted octanol–water partition coefficient (Wildman–Crippen LogP) is 3.82. The van der Waals surface area contributed by atoms with E-state index in [0.29, 0.717) is 8.64 Å². The number of thiol groups is 2. The van der Waals surface area contributed by atoms with E-state index in [4.69, 9.17) is 0 Å². The molecule has 0 N–H and O–H groups in total. The van der Waals surface area contributed by atoms with E-state index < -0.39 is 0 Å². The topological polar surface area (TPSA) is 78.7 Å². The molecule has 0 amide bonds. The first-order valence-corrected chi connectivity index (χ1v) is 11.4. The molecule has 0 aliphatic carbocycles. The van der Waals surface area contributed by atoms with Gasteiger partial charge in [-0.15, -0.1) is 0 Å². The first-order chi connectivity index (χ1) is 13.5. The first-order valence-electron chi connectivity index (χ1n) is 8.01. The molecule has 0 unspecified atom stereocenters. The molecule has 150 valence electrons. The van der Waals surface area contributed by atoms with Crippen LogP contribution in [0, 0.1) is 0 Å². The monoisotopic (exact) mass is 514 g/mol. The molecule has 2 aromatic rings. The van der Waals surface area contributed by atoms with Gasteiger partial charge in [0, 0.05) is 43.3 Å². The molecular weight excluding hydrogens is 494 g/mol. The average molecular weight is 516 g/mol.